The van der Waals surface area contributed by atoms with Crippen molar-refractivity contribution < 1.29 is 9.90 Å². The molecule has 1 unspecified atom stereocenters. The van der Waals surface area contributed by atoms with Gasteiger partial charge in [0.25, 0.3) is 0 Å². The molecule has 0 rings (SSSR count). The molecule has 0 amide bonds. The van der Waals surface area contributed by atoms with Crippen LogP contribution in [0.15, 0.2) is 36.5 Å². The molecule has 3 nitrogen and oxygen atoms in total. The van der Waals surface area contributed by atoms with Crippen molar-refractivity contribution in [2.45, 2.75) is 96.6 Å². The minimum absolute atomic E-state index is 0.0380. The maximum absolute atomic E-state index is 11.3. The topological polar surface area (TPSA) is 63.3 Å². The number of Topliss-reactive ketones (excluding diaryl/α,β-unsaturated/α-hetero) is 1. The number of hydrogen-bond acceptors (Lipinski definition) is 3. The van der Waals surface area contributed by atoms with E-state index < -0.39 is 6.23 Å². The first kappa shape index (κ1) is 23.8. The normalized spacial score (nSPS) is 13.4. The maximum atomic E-state index is 11.3. The highest BCUT2D eigenvalue weighted by atomic mass is 16.3. The minimum atomic E-state index is -1.01. The lowest BCUT2D eigenvalue weighted by Gasteiger charge is -2.01. The predicted molar refractivity (Wildman–Crippen MR) is 108 cm³/mol. The van der Waals surface area contributed by atoms with Crippen LogP contribution in [0.1, 0.15) is 90.4 Å². The van der Waals surface area contributed by atoms with Crippen LogP contribution < -0.4 is 5.73 Å². The molecule has 0 aliphatic carbocycles. The fourth-order valence-corrected chi connectivity index (χ4v) is 2.57. The molecule has 0 aromatic heterocycles. The number of rotatable bonds is 17. The zero-order chi connectivity index (χ0) is 18.6. The van der Waals surface area contributed by atoms with Crippen molar-refractivity contribution in [1.29, 1.82) is 0 Å². The van der Waals surface area contributed by atoms with E-state index >= 15 is 0 Å². The number of hydrogen-bond donors (Lipinski definition) is 2. The standard InChI is InChI=1S/C22H39NO2/c1-2-3-4-5-6-7-8-9-10-11-12-13-14-15-16-17-18-19-21(24)20-22(23)25/h9-10,12-13,15-16,22,25H,2-8,11,14,17-20,23H2,1H3. The zero-order valence-corrected chi connectivity index (χ0v) is 16.2. The van der Waals surface area contributed by atoms with Gasteiger partial charge in [-0.15, -0.1) is 0 Å². The molecular weight excluding hydrogens is 310 g/mol. The van der Waals surface area contributed by atoms with Gasteiger partial charge in [-0.05, 0) is 38.5 Å². The van der Waals surface area contributed by atoms with Crippen molar-refractivity contribution in [3.63, 3.8) is 0 Å². The molecule has 0 fully saturated rings. The molecule has 0 radical (unpaired) electrons. The molecule has 0 bridgehead atoms. The zero-order valence-electron chi connectivity index (χ0n) is 16.2. The maximum Gasteiger partial charge on any atom is 0.136 e. The summed E-state index contributed by atoms with van der Waals surface area (Å²) in [5.74, 6) is 0.0380. The van der Waals surface area contributed by atoms with Gasteiger partial charge in [0.2, 0.25) is 0 Å². The Morgan fingerprint density at radius 1 is 0.840 bits per heavy atom. The van der Waals surface area contributed by atoms with E-state index in [0.29, 0.717) is 6.42 Å². The molecule has 144 valence electrons. The van der Waals surface area contributed by atoms with Crippen LogP contribution in [-0.2, 0) is 4.79 Å². The van der Waals surface area contributed by atoms with Crippen LogP contribution in [0, 0.1) is 0 Å². The molecule has 0 heterocycles. The third-order valence-corrected chi connectivity index (χ3v) is 4.03. The lowest BCUT2D eigenvalue weighted by atomic mass is 10.1. The molecule has 3 heteroatoms. The summed E-state index contributed by atoms with van der Waals surface area (Å²) in [4.78, 5) is 11.3. The Hall–Kier alpha value is -1.19. The van der Waals surface area contributed by atoms with E-state index in [1.54, 1.807) is 0 Å². The Bertz CT molecular complexity index is 383. The van der Waals surface area contributed by atoms with Crippen molar-refractivity contribution in [3.05, 3.63) is 36.5 Å². The van der Waals surface area contributed by atoms with Crippen LogP contribution in [0.3, 0.4) is 0 Å². The van der Waals surface area contributed by atoms with Gasteiger partial charge in [-0.2, -0.15) is 0 Å². The quantitative estimate of drug-likeness (QED) is 0.204. The van der Waals surface area contributed by atoms with Crippen molar-refractivity contribution in [2.75, 3.05) is 0 Å². The van der Waals surface area contributed by atoms with Crippen LogP contribution in [0.4, 0.5) is 0 Å². The minimum Gasteiger partial charge on any atom is -0.378 e. The Morgan fingerprint density at radius 2 is 1.36 bits per heavy atom. The van der Waals surface area contributed by atoms with Gasteiger partial charge in [0, 0.05) is 12.8 Å². The molecule has 0 aromatic carbocycles. The SMILES string of the molecule is CCCCCCCCC=CCC=CCC=CCCCC(=O)CC(N)O. The summed E-state index contributed by atoms with van der Waals surface area (Å²) in [5.41, 5.74) is 5.17. The summed E-state index contributed by atoms with van der Waals surface area (Å²) >= 11 is 0. The summed E-state index contributed by atoms with van der Waals surface area (Å²) < 4.78 is 0. The Balaban J connectivity index is 3.39. The summed E-state index contributed by atoms with van der Waals surface area (Å²) in [6.07, 6.45) is 25.8. The first-order valence-corrected chi connectivity index (χ1v) is 10.1. The van der Waals surface area contributed by atoms with E-state index in [9.17, 15) is 4.79 Å². The van der Waals surface area contributed by atoms with Crippen LogP contribution in [0.25, 0.3) is 0 Å². The summed E-state index contributed by atoms with van der Waals surface area (Å²) in [6.45, 7) is 2.26. The average Bonchev–Trinajstić information content (AvgIpc) is 2.57. The second-order valence-corrected chi connectivity index (χ2v) is 6.64. The highest BCUT2D eigenvalue weighted by Gasteiger charge is 2.04. The van der Waals surface area contributed by atoms with Gasteiger partial charge in [0.1, 0.15) is 12.0 Å². The number of aliphatic hydroxyl groups is 1. The number of aliphatic hydroxyl groups excluding tert-OH is 1. The largest absolute Gasteiger partial charge is 0.378 e. The number of allylic oxidation sites excluding steroid dienone is 6. The molecule has 0 saturated carbocycles. The fourth-order valence-electron chi connectivity index (χ4n) is 2.57. The van der Waals surface area contributed by atoms with E-state index in [1.807, 2.05) is 0 Å². The van der Waals surface area contributed by atoms with Gasteiger partial charge < -0.3 is 10.8 Å². The lowest BCUT2D eigenvalue weighted by molar-refractivity contribution is -0.120. The van der Waals surface area contributed by atoms with E-state index in [2.05, 4.69) is 43.4 Å². The van der Waals surface area contributed by atoms with Gasteiger partial charge in [-0.1, -0.05) is 75.5 Å². The molecular formula is C22H39NO2. The van der Waals surface area contributed by atoms with Crippen LogP contribution >= 0.6 is 0 Å². The van der Waals surface area contributed by atoms with E-state index in [-0.39, 0.29) is 12.2 Å². The van der Waals surface area contributed by atoms with Crippen molar-refractivity contribution in [2.24, 2.45) is 5.73 Å². The molecule has 0 aliphatic heterocycles. The second-order valence-electron chi connectivity index (χ2n) is 6.64. The number of carbonyl (C=O) groups excluding carboxylic acids is 1. The van der Waals surface area contributed by atoms with E-state index in [1.165, 1.54) is 44.9 Å². The van der Waals surface area contributed by atoms with Gasteiger partial charge in [-0.25, -0.2) is 0 Å². The summed E-state index contributed by atoms with van der Waals surface area (Å²) in [7, 11) is 0. The van der Waals surface area contributed by atoms with E-state index in [4.69, 9.17) is 10.8 Å². The first-order chi connectivity index (χ1) is 12.2. The fraction of sp³-hybridized carbons (Fsp3) is 0.682. The van der Waals surface area contributed by atoms with Gasteiger partial charge in [-0.3, -0.25) is 4.79 Å². The average molecular weight is 350 g/mol. The molecule has 3 N–H and O–H groups in total. The van der Waals surface area contributed by atoms with Crippen LogP contribution in [-0.4, -0.2) is 17.1 Å². The van der Waals surface area contributed by atoms with Crippen molar-refractivity contribution in [3.8, 4) is 0 Å². The lowest BCUT2D eigenvalue weighted by Crippen LogP contribution is -2.22. The monoisotopic (exact) mass is 349 g/mol. The Morgan fingerprint density at radius 3 is 1.96 bits per heavy atom. The number of ketones is 1. The molecule has 0 aliphatic rings. The van der Waals surface area contributed by atoms with Crippen LogP contribution in [0.2, 0.25) is 0 Å². The highest BCUT2D eigenvalue weighted by molar-refractivity contribution is 5.78. The third kappa shape index (κ3) is 20.8. The third-order valence-electron chi connectivity index (χ3n) is 4.03. The van der Waals surface area contributed by atoms with Crippen LogP contribution in [0.5, 0.6) is 0 Å². The number of unbranched alkanes of at least 4 members (excludes halogenated alkanes) is 7. The smallest absolute Gasteiger partial charge is 0.136 e. The Kier molecular flexibility index (Phi) is 18.2. The number of nitrogens with two attached hydrogens (primary N) is 1. The van der Waals surface area contributed by atoms with E-state index in [0.717, 1.165) is 25.7 Å². The Labute approximate surface area is 155 Å². The highest BCUT2D eigenvalue weighted by Crippen LogP contribution is 2.07. The van der Waals surface area contributed by atoms with Crippen molar-refractivity contribution >= 4 is 5.78 Å². The molecule has 1 atom stereocenters. The van der Waals surface area contributed by atoms with Gasteiger partial charge in [0.15, 0.2) is 0 Å². The molecule has 0 spiro atoms. The van der Waals surface area contributed by atoms with Gasteiger partial charge >= 0.3 is 0 Å². The first-order valence-electron chi connectivity index (χ1n) is 10.1. The predicted octanol–water partition coefficient (Wildman–Crippen LogP) is 5.59. The van der Waals surface area contributed by atoms with Gasteiger partial charge in [0.05, 0.1) is 0 Å². The molecule has 25 heavy (non-hydrogen) atoms. The number of carbonyl (C=O) groups is 1. The summed E-state index contributed by atoms with van der Waals surface area (Å²) in [6, 6.07) is 0. The second kappa shape index (κ2) is 19.1. The summed E-state index contributed by atoms with van der Waals surface area (Å²) in [5, 5.41) is 8.90. The molecule has 0 saturated heterocycles. The van der Waals surface area contributed by atoms with Crippen molar-refractivity contribution in [1.82, 2.24) is 0 Å². The molecule has 0 aromatic rings.